The fourth-order valence-corrected chi connectivity index (χ4v) is 6.97. The zero-order valence-corrected chi connectivity index (χ0v) is 21.1. The molecule has 0 aliphatic heterocycles. The van der Waals surface area contributed by atoms with Crippen molar-refractivity contribution in [3.63, 3.8) is 0 Å². The Hall–Kier alpha value is -1.93. The van der Waals surface area contributed by atoms with Gasteiger partial charge in [-0.05, 0) is 62.5 Å². The maximum absolute atomic E-state index is 12.9. The number of unbranched alkanes of at least 4 members (excludes halogenated alkanes) is 2. The van der Waals surface area contributed by atoms with E-state index in [0.717, 1.165) is 41.0 Å². The highest BCUT2D eigenvalue weighted by atomic mass is 32.2. The number of aromatic nitrogens is 2. The molecule has 2 saturated carbocycles. The van der Waals surface area contributed by atoms with Crippen molar-refractivity contribution in [3.05, 3.63) is 34.8 Å². The van der Waals surface area contributed by atoms with Crippen molar-refractivity contribution in [2.45, 2.75) is 76.2 Å². The zero-order valence-electron chi connectivity index (χ0n) is 19.5. The smallest absolute Gasteiger partial charge is 0.258 e. The van der Waals surface area contributed by atoms with Gasteiger partial charge in [-0.25, -0.2) is 0 Å². The molecule has 2 N–H and O–H groups in total. The van der Waals surface area contributed by atoms with E-state index in [4.69, 9.17) is 0 Å². The highest BCUT2D eigenvalue weighted by Gasteiger charge is 2.42. The number of thioether (sulfide) groups is 1. The lowest BCUT2D eigenvalue weighted by molar-refractivity contribution is -0.119. The molecular weight excluding hydrogens is 452 g/mol. The molecule has 2 aliphatic carbocycles. The van der Waals surface area contributed by atoms with Crippen LogP contribution in [0, 0.1) is 17.8 Å². The quantitative estimate of drug-likeness (QED) is 0.321. The van der Waals surface area contributed by atoms with Gasteiger partial charge in [0.05, 0.1) is 11.3 Å². The second kappa shape index (κ2) is 11.5. The minimum absolute atomic E-state index is 0.0336. The van der Waals surface area contributed by atoms with Crippen LogP contribution in [0.2, 0.25) is 0 Å². The number of amides is 2. The van der Waals surface area contributed by atoms with Crippen LogP contribution in [-0.2, 0) is 11.2 Å². The van der Waals surface area contributed by atoms with E-state index < -0.39 is 0 Å². The molecule has 2 aliphatic rings. The van der Waals surface area contributed by atoms with Crippen molar-refractivity contribution in [2.75, 3.05) is 11.1 Å². The molecule has 0 spiro atoms. The molecule has 33 heavy (non-hydrogen) atoms. The number of rotatable bonds is 11. The minimum Gasteiger partial charge on any atom is -0.353 e. The Morgan fingerprint density at radius 2 is 2.03 bits per heavy atom. The molecule has 2 fully saturated rings. The van der Waals surface area contributed by atoms with E-state index in [9.17, 15) is 9.59 Å². The Morgan fingerprint density at radius 3 is 2.79 bits per heavy atom. The third kappa shape index (κ3) is 6.35. The Morgan fingerprint density at radius 1 is 1.18 bits per heavy atom. The van der Waals surface area contributed by atoms with Gasteiger partial charge in [-0.2, -0.15) is 0 Å². The van der Waals surface area contributed by atoms with Crippen LogP contribution in [0.15, 0.2) is 29.2 Å². The lowest BCUT2D eigenvalue weighted by atomic mass is 9.84. The summed E-state index contributed by atoms with van der Waals surface area (Å²) in [5.74, 6) is 2.40. The van der Waals surface area contributed by atoms with E-state index in [0.29, 0.717) is 22.4 Å². The lowest BCUT2D eigenvalue weighted by Crippen LogP contribution is -2.40. The zero-order chi connectivity index (χ0) is 23.2. The fraction of sp³-hybridized carbons (Fsp3) is 0.600. The summed E-state index contributed by atoms with van der Waals surface area (Å²) in [5, 5.41) is 15.9. The summed E-state index contributed by atoms with van der Waals surface area (Å²) in [6, 6.07) is 7.63. The van der Waals surface area contributed by atoms with Crippen molar-refractivity contribution in [1.82, 2.24) is 15.5 Å². The molecule has 0 unspecified atom stereocenters. The number of nitrogens with one attached hydrogen (secondary N) is 2. The van der Waals surface area contributed by atoms with Gasteiger partial charge in [-0.3, -0.25) is 14.9 Å². The van der Waals surface area contributed by atoms with Crippen LogP contribution in [0.4, 0.5) is 5.13 Å². The molecule has 2 amide bonds. The average Bonchev–Trinajstić information content (AvgIpc) is 3.56. The van der Waals surface area contributed by atoms with Crippen LogP contribution in [0.5, 0.6) is 0 Å². The predicted molar refractivity (Wildman–Crippen MR) is 135 cm³/mol. The van der Waals surface area contributed by atoms with Crippen LogP contribution in [-0.4, -0.2) is 33.8 Å². The summed E-state index contributed by atoms with van der Waals surface area (Å²) in [7, 11) is 0. The van der Waals surface area contributed by atoms with E-state index in [1.807, 2.05) is 18.2 Å². The van der Waals surface area contributed by atoms with Gasteiger partial charge in [0.1, 0.15) is 5.01 Å². The highest BCUT2D eigenvalue weighted by Crippen LogP contribution is 2.49. The maximum Gasteiger partial charge on any atom is 0.258 e. The van der Waals surface area contributed by atoms with Gasteiger partial charge in [0.15, 0.2) is 0 Å². The van der Waals surface area contributed by atoms with Crippen LogP contribution >= 0.6 is 23.1 Å². The largest absolute Gasteiger partial charge is 0.353 e. The van der Waals surface area contributed by atoms with Gasteiger partial charge in [-0.1, -0.05) is 49.7 Å². The summed E-state index contributed by atoms with van der Waals surface area (Å²) < 4.78 is 0. The molecule has 2 aromatic rings. The number of hydrogen-bond acceptors (Lipinski definition) is 6. The Bertz CT molecular complexity index is 963. The molecule has 178 valence electrons. The number of aryl methyl sites for hydroxylation is 1. The topological polar surface area (TPSA) is 84.0 Å². The summed E-state index contributed by atoms with van der Waals surface area (Å²) in [5.41, 5.74) is 0.555. The minimum atomic E-state index is -0.217. The molecule has 0 saturated heterocycles. The maximum atomic E-state index is 12.9. The lowest BCUT2D eigenvalue weighted by Gasteiger charge is -2.28. The van der Waals surface area contributed by atoms with Crippen molar-refractivity contribution in [3.8, 4) is 0 Å². The molecule has 1 heterocycles. The van der Waals surface area contributed by atoms with Gasteiger partial charge < -0.3 is 5.32 Å². The van der Waals surface area contributed by atoms with Crippen LogP contribution in [0.1, 0.15) is 74.2 Å². The van der Waals surface area contributed by atoms with Crippen molar-refractivity contribution in [1.29, 1.82) is 0 Å². The van der Waals surface area contributed by atoms with E-state index in [-0.39, 0.29) is 17.9 Å². The Balaban J connectivity index is 1.29. The first-order chi connectivity index (χ1) is 16.0. The monoisotopic (exact) mass is 486 g/mol. The first-order valence-corrected chi connectivity index (χ1v) is 14.0. The van der Waals surface area contributed by atoms with Gasteiger partial charge in [0.2, 0.25) is 11.0 Å². The van der Waals surface area contributed by atoms with Crippen LogP contribution < -0.4 is 10.6 Å². The Kier molecular flexibility index (Phi) is 8.41. The molecule has 8 heteroatoms. The molecule has 4 rings (SSSR count). The van der Waals surface area contributed by atoms with Gasteiger partial charge in [0, 0.05) is 17.4 Å². The molecule has 4 atom stereocenters. The van der Waals surface area contributed by atoms with E-state index in [1.165, 1.54) is 55.2 Å². The first-order valence-electron chi connectivity index (χ1n) is 12.2. The van der Waals surface area contributed by atoms with Gasteiger partial charge >= 0.3 is 0 Å². The van der Waals surface area contributed by atoms with Crippen LogP contribution in [0.3, 0.4) is 0 Å². The van der Waals surface area contributed by atoms with E-state index >= 15 is 0 Å². The summed E-state index contributed by atoms with van der Waals surface area (Å²) >= 11 is 2.84. The van der Waals surface area contributed by atoms with E-state index in [1.54, 1.807) is 6.07 Å². The second-order valence-electron chi connectivity index (χ2n) is 9.39. The van der Waals surface area contributed by atoms with Crippen molar-refractivity contribution < 1.29 is 9.59 Å². The predicted octanol–water partition coefficient (Wildman–Crippen LogP) is 5.56. The number of carbonyl (C=O) groups is 2. The molecule has 1 aromatic carbocycles. The number of fused-ring (bicyclic) bond motifs is 2. The fourth-order valence-electron chi connectivity index (χ4n) is 5.33. The number of hydrogen-bond donors (Lipinski definition) is 2. The molecule has 6 nitrogen and oxygen atoms in total. The third-order valence-electron chi connectivity index (χ3n) is 7.00. The molecule has 2 bridgehead atoms. The molecule has 1 aromatic heterocycles. The van der Waals surface area contributed by atoms with Crippen molar-refractivity contribution >= 4 is 40.0 Å². The number of nitrogens with zero attached hydrogens (tertiary/aromatic N) is 2. The van der Waals surface area contributed by atoms with Gasteiger partial charge in [0.25, 0.3) is 5.91 Å². The standard InChI is InChI=1S/C25H34N4O2S2/c1-3-4-5-10-23-28-29-25(33-23)27-24(31)19-8-6-7-9-21(19)32-15-22(30)26-16(2)20-14-17-11-12-18(20)13-17/h6-9,16-18,20H,3-5,10-15H2,1-2H3,(H,26,30)(H,27,29,31)/t16-,17+,18+,20+/m1/s1. The Labute approximate surface area is 204 Å². The molecular formula is C25H34N4O2S2. The second-order valence-corrected chi connectivity index (χ2v) is 11.5. The highest BCUT2D eigenvalue weighted by molar-refractivity contribution is 8.00. The number of anilines is 1. The normalized spacial score (nSPS) is 22.3. The van der Waals surface area contributed by atoms with Crippen molar-refractivity contribution in [2.24, 2.45) is 17.8 Å². The average molecular weight is 487 g/mol. The summed E-state index contributed by atoms with van der Waals surface area (Å²) in [4.78, 5) is 26.3. The summed E-state index contributed by atoms with van der Waals surface area (Å²) in [6.07, 6.45) is 9.60. The number of benzene rings is 1. The van der Waals surface area contributed by atoms with E-state index in [2.05, 4.69) is 34.7 Å². The SMILES string of the molecule is CCCCCc1nnc(NC(=O)c2ccccc2SCC(=O)N[C@H](C)[C@@H]2C[C@H]3CC[C@H]2C3)s1. The van der Waals surface area contributed by atoms with Gasteiger partial charge in [-0.15, -0.1) is 22.0 Å². The van der Waals surface area contributed by atoms with Crippen LogP contribution in [0.25, 0.3) is 0 Å². The summed E-state index contributed by atoms with van der Waals surface area (Å²) in [6.45, 7) is 4.32. The third-order valence-corrected chi connectivity index (χ3v) is 8.97. The molecule has 0 radical (unpaired) electrons. The number of carbonyl (C=O) groups excluding carboxylic acids is 2. The first kappa shape index (κ1) is 24.2.